The van der Waals surface area contributed by atoms with Gasteiger partial charge in [-0.05, 0) is 32.0 Å². The monoisotopic (exact) mass is 176 g/mol. The number of hydrogen-bond acceptors (Lipinski definition) is 3. The molecule has 2 rings (SSSR count). The second kappa shape index (κ2) is 3.83. The molecule has 0 spiro atoms. The summed E-state index contributed by atoms with van der Waals surface area (Å²) >= 11 is 0. The van der Waals surface area contributed by atoms with Crippen molar-refractivity contribution in [3.05, 3.63) is 31.3 Å². The van der Waals surface area contributed by atoms with Crippen LogP contribution < -0.4 is 0 Å². The highest BCUT2D eigenvalue weighted by molar-refractivity contribution is 4.99. The summed E-state index contributed by atoms with van der Waals surface area (Å²) in [4.78, 5) is 10.7. The minimum atomic E-state index is 0.541. The topological polar surface area (TPSA) is 29.0 Å². The Balaban J connectivity index is 2.03. The molecule has 1 aliphatic heterocycles. The van der Waals surface area contributed by atoms with Crippen LogP contribution in [0.25, 0.3) is 0 Å². The molecule has 69 valence electrons. The van der Waals surface area contributed by atoms with Crippen LogP contribution in [0.15, 0.2) is 18.5 Å². The Morgan fingerprint density at radius 2 is 1.85 bits per heavy atom. The normalized spacial score (nSPS) is 20.4. The van der Waals surface area contributed by atoms with Crippen molar-refractivity contribution >= 4 is 0 Å². The molecule has 0 N–H and O–H groups in total. The summed E-state index contributed by atoms with van der Waals surface area (Å²) in [6.07, 6.45) is 5.90. The van der Waals surface area contributed by atoms with Gasteiger partial charge in [0, 0.05) is 25.4 Å². The molecule has 3 heteroatoms. The van der Waals surface area contributed by atoms with Gasteiger partial charge in [-0.1, -0.05) is 0 Å². The van der Waals surface area contributed by atoms with Gasteiger partial charge in [0.2, 0.25) is 0 Å². The van der Waals surface area contributed by atoms with E-state index in [0.717, 1.165) is 31.8 Å². The second-order valence-electron chi connectivity index (χ2n) is 3.50. The molecule has 1 aromatic rings. The van der Waals surface area contributed by atoms with Crippen molar-refractivity contribution in [2.45, 2.75) is 18.8 Å². The lowest BCUT2D eigenvalue weighted by Crippen LogP contribution is -2.28. The van der Waals surface area contributed by atoms with E-state index in [-0.39, 0.29) is 0 Å². The Morgan fingerprint density at radius 1 is 1.23 bits per heavy atom. The zero-order valence-electron chi connectivity index (χ0n) is 7.69. The van der Waals surface area contributed by atoms with Crippen molar-refractivity contribution in [2.75, 3.05) is 13.1 Å². The average molecular weight is 176 g/mol. The molecule has 1 saturated heterocycles. The molecule has 2 heterocycles. The molecule has 1 fully saturated rings. The van der Waals surface area contributed by atoms with Gasteiger partial charge in [0.25, 0.3) is 0 Å². The maximum absolute atomic E-state index is 4.28. The molecule has 0 amide bonds. The standard InChI is InChI=1S/C10H14N3/c1-13-7-3-9(4-8-13)10-11-5-2-6-12-10/h2,5-6,9H,1,3-4,7-8H2. The highest BCUT2D eigenvalue weighted by Gasteiger charge is 2.19. The predicted octanol–water partition coefficient (Wildman–Crippen LogP) is 1.45. The third-order valence-corrected chi connectivity index (χ3v) is 2.54. The van der Waals surface area contributed by atoms with Crippen molar-refractivity contribution in [1.82, 2.24) is 14.9 Å². The van der Waals surface area contributed by atoms with E-state index in [1.165, 1.54) is 0 Å². The van der Waals surface area contributed by atoms with Crippen LogP contribution in [0.1, 0.15) is 24.6 Å². The maximum atomic E-state index is 4.28. The average Bonchev–Trinajstić information content (AvgIpc) is 2.20. The molecule has 1 aromatic heterocycles. The molecular weight excluding hydrogens is 162 g/mol. The van der Waals surface area contributed by atoms with Crippen LogP contribution in [-0.2, 0) is 0 Å². The lowest BCUT2D eigenvalue weighted by Gasteiger charge is -2.27. The molecule has 0 aromatic carbocycles. The van der Waals surface area contributed by atoms with Crippen LogP contribution in [0, 0.1) is 7.05 Å². The van der Waals surface area contributed by atoms with Crippen molar-refractivity contribution in [2.24, 2.45) is 0 Å². The van der Waals surface area contributed by atoms with Crippen molar-refractivity contribution in [3.8, 4) is 0 Å². The number of nitrogens with zero attached hydrogens (tertiary/aromatic N) is 3. The zero-order valence-corrected chi connectivity index (χ0v) is 7.69. The predicted molar refractivity (Wildman–Crippen MR) is 50.9 cm³/mol. The Morgan fingerprint density at radius 3 is 2.46 bits per heavy atom. The van der Waals surface area contributed by atoms with Gasteiger partial charge < -0.3 is 4.90 Å². The molecule has 1 radical (unpaired) electrons. The molecule has 3 nitrogen and oxygen atoms in total. The first kappa shape index (κ1) is 8.63. The van der Waals surface area contributed by atoms with E-state index in [2.05, 4.69) is 21.9 Å². The lowest BCUT2D eigenvalue weighted by molar-refractivity contribution is 0.275. The fourth-order valence-corrected chi connectivity index (χ4v) is 1.71. The summed E-state index contributed by atoms with van der Waals surface area (Å²) in [6.45, 7) is 2.12. The van der Waals surface area contributed by atoms with E-state index in [9.17, 15) is 0 Å². The van der Waals surface area contributed by atoms with Gasteiger partial charge in [-0.2, -0.15) is 0 Å². The smallest absolute Gasteiger partial charge is 0.131 e. The minimum Gasteiger partial charge on any atom is -0.302 e. The first-order valence-electron chi connectivity index (χ1n) is 4.68. The molecule has 0 bridgehead atoms. The van der Waals surface area contributed by atoms with Gasteiger partial charge in [-0.25, -0.2) is 9.97 Å². The van der Waals surface area contributed by atoms with Gasteiger partial charge in [-0.15, -0.1) is 0 Å². The zero-order chi connectivity index (χ0) is 9.10. The quantitative estimate of drug-likeness (QED) is 0.648. The van der Waals surface area contributed by atoms with Gasteiger partial charge in [0.15, 0.2) is 0 Å². The fraction of sp³-hybridized carbons (Fsp3) is 0.500. The van der Waals surface area contributed by atoms with Gasteiger partial charge in [0.1, 0.15) is 5.82 Å². The number of piperidine rings is 1. The molecule has 0 saturated carbocycles. The van der Waals surface area contributed by atoms with Crippen molar-refractivity contribution in [1.29, 1.82) is 0 Å². The molecule has 1 aliphatic rings. The van der Waals surface area contributed by atoms with E-state index < -0.39 is 0 Å². The third-order valence-electron chi connectivity index (χ3n) is 2.54. The van der Waals surface area contributed by atoms with Crippen LogP contribution in [0.5, 0.6) is 0 Å². The maximum Gasteiger partial charge on any atom is 0.131 e. The van der Waals surface area contributed by atoms with Crippen LogP contribution in [-0.4, -0.2) is 28.0 Å². The first-order chi connectivity index (χ1) is 6.36. The van der Waals surface area contributed by atoms with Crippen LogP contribution in [0.3, 0.4) is 0 Å². The lowest BCUT2D eigenvalue weighted by atomic mass is 9.96. The van der Waals surface area contributed by atoms with E-state index in [1.807, 2.05) is 18.5 Å². The Labute approximate surface area is 78.8 Å². The highest BCUT2D eigenvalue weighted by atomic mass is 15.1. The van der Waals surface area contributed by atoms with Crippen LogP contribution >= 0.6 is 0 Å². The summed E-state index contributed by atoms with van der Waals surface area (Å²) in [5, 5.41) is 0. The molecule has 13 heavy (non-hydrogen) atoms. The molecular formula is C10H14N3. The number of rotatable bonds is 1. The van der Waals surface area contributed by atoms with Gasteiger partial charge in [0.05, 0.1) is 0 Å². The summed E-state index contributed by atoms with van der Waals surface area (Å²) in [5.74, 6) is 1.54. The van der Waals surface area contributed by atoms with E-state index in [0.29, 0.717) is 5.92 Å². The summed E-state index contributed by atoms with van der Waals surface area (Å²) in [7, 11) is 3.92. The Kier molecular flexibility index (Phi) is 2.54. The summed E-state index contributed by atoms with van der Waals surface area (Å²) in [6, 6.07) is 1.86. The third kappa shape index (κ3) is 2.04. The Hall–Kier alpha value is -0.960. The van der Waals surface area contributed by atoms with Crippen LogP contribution in [0.2, 0.25) is 0 Å². The van der Waals surface area contributed by atoms with E-state index >= 15 is 0 Å². The number of hydrogen-bond donors (Lipinski definition) is 0. The Bertz CT molecular complexity index is 252. The van der Waals surface area contributed by atoms with Crippen molar-refractivity contribution in [3.63, 3.8) is 0 Å². The number of aromatic nitrogens is 2. The summed E-state index contributed by atoms with van der Waals surface area (Å²) in [5.41, 5.74) is 0. The minimum absolute atomic E-state index is 0.541. The van der Waals surface area contributed by atoms with E-state index in [4.69, 9.17) is 0 Å². The highest BCUT2D eigenvalue weighted by Crippen LogP contribution is 2.24. The molecule has 0 atom stereocenters. The molecule has 0 unspecified atom stereocenters. The number of likely N-dealkylation sites (tertiary alicyclic amines) is 1. The SMILES string of the molecule is [CH2]N1CCC(c2ncccn2)CC1. The largest absolute Gasteiger partial charge is 0.302 e. The second-order valence-corrected chi connectivity index (χ2v) is 3.50. The van der Waals surface area contributed by atoms with Gasteiger partial charge in [-0.3, -0.25) is 0 Å². The van der Waals surface area contributed by atoms with Gasteiger partial charge >= 0.3 is 0 Å². The van der Waals surface area contributed by atoms with Crippen molar-refractivity contribution < 1.29 is 0 Å². The summed E-state index contributed by atoms with van der Waals surface area (Å²) < 4.78 is 0. The van der Waals surface area contributed by atoms with E-state index in [1.54, 1.807) is 0 Å². The van der Waals surface area contributed by atoms with Crippen LogP contribution in [0.4, 0.5) is 0 Å². The molecule has 0 aliphatic carbocycles. The first-order valence-corrected chi connectivity index (χ1v) is 4.68. The fourth-order valence-electron chi connectivity index (χ4n) is 1.71.